The molecule has 2 aromatic rings. The molecule has 6 nitrogen and oxygen atoms in total. The van der Waals surface area contributed by atoms with Crippen LogP contribution in [0.3, 0.4) is 0 Å². The van der Waals surface area contributed by atoms with E-state index in [0.29, 0.717) is 11.2 Å². The van der Waals surface area contributed by atoms with E-state index in [1.807, 2.05) is 0 Å². The molecule has 3 rings (SSSR count). The van der Waals surface area contributed by atoms with E-state index < -0.39 is 4.92 Å². The van der Waals surface area contributed by atoms with Gasteiger partial charge in [0, 0.05) is 24.1 Å². The van der Waals surface area contributed by atoms with Crippen molar-refractivity contribution in [3.63, 3.8) is 0 Å². The number of nitrogens with zero attached hydrogens (tertiary/aromatic N) is 3. The summed E-state index contributed by atoms with van der Waals surface area (Å²) in [6, 6.07) is 4.67. The Labute approximate surface area is 122 Å². The summed E-state index contributed by atoms with van der Waals surface area (Å²) >= 11 is 0. The van der Waals surface area contributed by atoms with Crippen molar-refractivity contribution < 1.29 is 4.92 Å². The highest BCUT2D eigenvalue weighted by Crippen LogP contribution is 2.28. The molecule has 1 fully saturated rings. The van der Waals surface area contributed by atoms with E-state index in [1.54, 1.807) is 6.07 Å². The molecule has 1 saturated carbocycles. The summed E-state index contributed by atoms with van der Waals surface area (Å²) in [5.41, 5.74) is 0.787. The van der Waals surface area contributed by atoms with Gasteiger partial charge < -0.3 is 5.32 Å². The van der Waals surface area contributed by atoms with E-state index in [4.69, 9.17) is 0 Å². The molecular weight excluding hydrogens is 268 g/mol. The first-order valence-corrected chi connectivity index (χ1v) is 7.37. The number of nitro benzene ring substituents is 1. The minimum Gasteiger partial charge on any atom is -0.369 e. The molecule has 0 aliphatic heterocycles. The minimum atomic E-state index is -0.394. The van der Waals surface area contributed by atoms with E-state index >= 15 is 0 Å². The second-order valence-electron chi connectivity index (χ2n) is 5.55. The molecule has 110 valence electrons. The molecule has 1 aliphatic rings. The van der Waals surface area contributed by atoms with Gasteiger partial charge in [-0.3, -0.25) is 10.1 Å². The number of hydrogen-bond acceptors (Lipinski definition) is 5. The highest BCUT2D eigenvalue weighted by molar-refractivity contribution is 5.90. The Morgan fingerprint density at radius 3 is 2.86 bits per heavy atom. The van der Waals surface area contributed by atoms with E-state index in [-0.39, 0.29) is 5.69 Å². The third-order valence-electron chi connectivity index (χ3n) is 4.15. The lowest BCUT2D eigenvalue weighted by molar-refractivity contribution is -0.384. The Hall–Kier alpha value is -2.24. The monoisotopic (exact) mass is 286 g/mol. The van der Waals surface area contributed by atoms with Gasteiger partial charge in [0.05, 0.1) is 10.4 Å². The molecule has 0 saturated heterocycles. The Morgan fingerprint density at radius 1 is 1.29 bits per heavy atom. The van der Waals surface area contributed by atoms with Crippen LogP contribution in [0.5, 0.6) is 0 Å². The van der Waals surface area contributed by atoms with Gasteiger partial charge >= 0.3 is 0 Å². The van der Waals surface area contributed by atoms with Gasteiger partial charge in [-0.15, -0.1) is 0 Å². The molecule has 0 unspecified atom stereocenters. The number of anilines is 1. The van der Waals surface area contributed by atoms with Gasteiger partial charge in [0.15, 0.2) is 0 Å². The van der Waals surface area contributed by atoms with Crippen molar-refractivity contribution in [1.29, 1.82) is 0 Å². The number of aromatic nitrogens is 2. The summed E-state index contributed by atoms with van der Waals surface area (Å²) in [5.74, 6) is 1.49. The molecule has 1 heterocycles. The lowest BCUT2D eigenvalue weighted by atomic mass is 10.0. The van der Waals surface area contributed by atoms with Crippen LogP contribution >= 0.6 is 0 Å². The van der Waals surface area contributed by atoms with Crippen molar-refractivity contribution in [3.8, 4) is 0 Å². The molecule has 1 aromatic carbocycles. The summed E-state index contributed by atoms with van der Waals surface area (Å²) in [6.45, 7) is 0.847. The number of nitrogens with one attached hydrogen (secondary N) is 1. The first kappa shape index (κ1) is 13.7. The van der Waals surface area contributed by atoms with Crippen LogP contribution in [0.15, 0.2) is 24.5 Å². The van der Waals surface area contributed by atoms with Crippen LogP contribution < -0.4 is 5.32 Å². The predicted octanol–water partition coefficient (Wildman–Crippen LogP) is 3.53. The summed E-state index contributed by atoms with van der Waals surface area (Å²) in [4.78, 5) is 18.9. The molecule has 6 heteroatoms. The highest BCUT2D eigenvalue weighted by Gasteiger charge is 2.15. The number of rotatable bonds is 5. The maximum Gasteiger partial charge on any atom is 0.270 e. The fourth-order valence-corrected chi connectivity index (χ4v) is 2.99. The number of non-ortho nitro benzene ring substituents is 1. The summed E-state index contributed by atoms with van der Waals surface area (Å²) < 4.78 is 0. The van der Waals surface area contributed by atoms with Crippen molar-refractivity contribution in [3.05, 3.63) is 34.6 Å². The zero-order valence-electron chi connectivity index (χ0n) is 11.8. The van der Waals surface area contributed by atoms with Crippen molar-refractivity contribution in [1.82, 2.24) is 9.97 Å². The third-order valence-corrected chi connectivity index (χ3v) is 4.15. The number of benzene rings is 1. The lowest BCUT2D eigenvalue weighted by Gasteiger charge is -2.11. The van der Waals surface area contributed by atoms with Gasteiger partial charge in [-0.2, -0.15) is 0 Å². The Bertz CT molecular complexity index is 653. The minimum absolute atomic E-state index is 0.0659. The van der Waals surface area contributed by atoms with E-state index in [0.717, 1.165) is 24.4 Å². The van der Waals surface area contributed by atoms with Crippen molar-refractivity contribution in [2.24, 2.45) is 5.92 Å². The molecule has 0 bridgehead atoms. The van der Waals surface area contributed by atoms with Crippen LogP contribution in [-0.2, 0) is 0 Å². The topological polar surface area (TPSA) is 81.0 Å². The van der Waals surface area contributed by atoms with Crippen molar-refractivity contribution >= 4 is 22.4 Å². The van der Waals surface area contributed by atoms with Gasteiger partial charge in [0.25, 0.3) is 5.69 Å². The molecular formula is C15H18N4O2. The second kappa shape index (κ2) is 6.03. The van der Waals surface area contributed by atoms with Crippen LogP contribution in [0.4, 0.5) is 11.5 Å². The van der Waals surface area contributed by atoms with Gasteiger partial charge in [0.1, 0.15) is 12.1 Å². The van der Waals surface area contributed by atoms with E-state index in [9.17, 15) is 10.1 Å². The van der Waals surface area contributed by atoms with Gasteiger partial charge in [-0.05, 0) is 18.4 Å². The Morgan fingerprint density at radius 2 is 2.10 bits per heavy atom. The maximum absolute atomic E-state index is 10.9. The molecule has 0 amide bonds. The first-order chi connectivity index (χ1) is 10.2. The number of fused-ring (bicyclic) bond motifs is 1. The zero-order valence-corrected chi connectivity index (χ0v) is 11.8. The van der Waals surface area contributed by atoms with Crippen molar-refractivity contribution in [2.45, 2.75) is 32.1 Å². The number of hydrogen-bond donors (Lipinski definition) is 1. The van der Waals surface area contributed by atoms with Gasteiger partial charge in [-0.25, -0.2) is 9.97 Å². The normalized spacial score (nSPS) is 15.4. The fraction of sp³-hybridized carbons (Fsp3) is 0.467. The third kappa shape index (κ3) is 3.09. The van der Waals surface area contributed by atoms with Gasteiger partial charge in [0.2, 0.25) is 0 Å². The average molecular weight is 286 g/mol. The Balaban J connectivity index is 1.76. The molecule has 1 N–H and O–H groups in total. The van der Waals surface area contributed by atoms with E-state index in [2.05, 4.69) is 15.3 Å². The predicted molar refractivity (Wildman–Crippen MR) is 81.3 cm³/mol. The quantitative estimate of drug-likeness (QED) is 0.671. The smallest absolute Gasteiger partial charge is 0.270 e. The van der Waals surface area contributed by atoms with Crippen LogP contribution in [0.2, 0.25) is 0 Å². The average Bonchev–Trinajstić information content (AvgIpc) is 3.00. The van der Waals surface area contributed by atoms with Crippen LogP contribution in [0.1, 0.15) is 32.1 Å². The SMILES string of the molecule is O=[N+]([O-])c1ccc2ncnc(NCCC3CCCC3)c2c1. The standard InChI is InChI=1S/C15H18N4O2/c20-19(21)12-5-6-14-13(9-12)15(18-10-17-14)16-8-7-11-3-1-2-4-11/h5-6,9-11H,1-4,7-8H2,(H,16,17,18). The lowest BCUT2D eigenvalue weighted by Crippen LogP contribution is -2.08. The van der Waals surface area contributed by atoms with Crippen LogP contribution in [0.25, 0.3) is 10.9 Å². The largest absolute Gasteiger partial charge is 0.369 e. The first-order valence-electron chi connectivity index (χ1n) is 7.37. The number of nitro groups is 1. The Kier molecular flexibility index (Phi) is 3.94. The van der Waals surface area contributed by atoms with Crippen LogP contribution in [0, 0.1) is 16.0 Å². The van der Waals surface area contributed by atoms with Gasteiger partial charge in [-0.1, -0.05) is 25.7 Å². The summed E-state index contributed by atoms with van der Waals surface area (Å²) in [5, 5.41) is 14.9. The fourth-order valence-electron chi connectivity index (χ4n) is 2.99. The molecule has 0 spiro atoms. The summed E-state index contributed by atoms with van der Waals surface area (Å²) in [6.07, 6.45) is 7.93. The molecule has 1 aromatic heterocycles. The van der Waals surface area contributed by atoms with Crippen molar-refractivity contribution in [2.75, 3.05) is 11.9 Å². The zero-order chi connectivity index (χ0) is 14.7. The highest BCUT2D eigenvalue weighted by atomic mass is 16.6. The molecule has 21 heavy (non-hydrogen) atoms. The summed E-state index contributed by atoms with van der Waals surface area (Å²) in [7, 11) is 0. The maximum atomic E-state index is 10.9. The molecule has 0 atom stereocenters. The van der Waals surface area contributed by atoms with E-state index in [1.165, 1.54) is 44.1 Å². The van der Waals surface area contributed by atoms with Crippen LogP contribution in [-0.4, -0.2) is 21.4 Å². The second-order valence-corrected chi connectivity index (χ2v) is 5.55. The molecule has 0 radical (unpaired) electrons. The molecule has 1 aliphatic carbocycles.